The Balaban J connectivity index is 2.48. The summed E-state index contributed by atoms with van der Waals surface area (Å²) in [6.45, 7) is 8.13. The predicted molar refractivity (Wildman–Crippen MR) is 95.3 cm³/mol. The number of allylic oxidation sites excluding steroid dienone is 1. The second kappa shape index (κ2) is 7.32. The Morgan fingerprint density at radius 1 is 1.32 bits per heavy atom. The van der Waals surface area contributed by atoms with E-state index in [9.17, 15) is 5.11 Å². The van der Waals surface area contributed by atoms with E-state index in [0.29, 0.717) is 27.4 Å². The van der Waals surface area contributed by atoms with Crippen molar-refractivity contribution in [3.05, 3.63) is 68.7 Å². The maximum atomic E-state index is 9.57. The lowest BCUT2D eigenvalue weighted by Crippen LogP contribution is -2.04. The molecule has 0 radical (unpaired) electrons. The largest absolute Gasteiger partial charge is 0.487 e. The number of ether oxygens (including phenoxy) is 1. The van der Waals surface area contributed by atoms with Crippen molar-refractivity contribution >= 4 is 33.1 Å². The third-order valence-corrected chi connectivity index (χ3v) is 4.82. The van der Waals surface area contributed by atoms with Crippen LogP contribution >= 0.6 is 27.5 Å². The maximum absolute atomic E-state index is 9.57. The fourth-order valence-corrected chi connectivity index (χ4v) is 3.37. The molecule has 0 aliphatic heterocycles. The van der Waals surface area contributed by atoms with Crippen LogP contribution in [-0.4, -0.2) is 5.11 Å². The molecule has 0 atom stereocenters. The molecule has 0 bridgehead atoms. The van der Waals surface area contributed by atoms with E-state index in [2.05, 4.69) is 22.5 Å². The Kier molecular flexibility index (Phi) is 5.68. The first kappa shape index (κ1) is 17.1. The van der Waals surface area contributed by atoms with Crippen molar-refractivity contribution in [2.24, 2.45) is 0 Å². The number of aliphatic hydroxyl groups excluding tert-OH is 1. The SMILES string of the molecule is C=C(C)c1c(C)c(Cl)c(CO)c(Br)c1OCc1ccccc1. The van der Waals surface area contributed by atoms with Gasteiger partial charge >= 0.3 is 0 Å². The van der Waals surface area contributed by atoms with Gasteiger partial charge in [-0.05, 0) is 46.5 Å². The van der Waals surface area contributed by atoms with E-state index in [1.54, 1.807) is 0 Å². The number of halogens is 2. The lowest BCUT2D eigenvalue weighted by Gasteiger charge is -2.20. The first-order chi connectivity index (χ1) is 10.5. The van der Waals surface area contributed by atoms with E-state index < -0.39 is 0 Å². The van der Waals surface area contributed by atoms with Gasteiger partial charge in [0.2, 0.25) is 0 Å². The quantitative estimate of drug-likeness (QED) is 0.739. The molecule has 2 aromatic rings. The van der Waals surface area contributed by atoms with Gasteiger partial charge in [-0.3, -0.25) is 0 Å². The van der Waals surface area contributed by atoms with Crippen LogP contribution < -0.4 is 4.74 Å². The number of rotatable bonds is 5. The van der Waals surface area contributed by atoms with Crippen LogP contribution in [0.4, 0.5) is 0 Å². The zero-order valence-corrected chi connectivity index (χ0v) is 15.0. The average Bonchev–Trinajstić information content (AvgIpc) is 2.50. The fraction of sp³-hybridized carbons (Fsp3) is 0.222. The highest BCUT2D eigenvalue weighted by Gasteiger charge is 2.20. The van der Waals surface area contributed by atoms with Crippen LogP contribution in [-0.2, 0) is 13.2 Å². The van der Waals surface area contributed by atoms with Crippen molar-refractivity contribution in [3.63, 3.8) is 0 Å². The van der Waals surface area contributed by atoms with Gasteiger partial charge in [-0.2, -0.15) is 0 Å². The summed E-state index contributed by atoms with van der Waals surface area (Å²) < 4.78 is 6.70. The van der Waals surface area contributed by atoms with Gasteiger partial charge in [-0.15, -0.1) is 0 Å². The second-order valence-electron chi connectivity index (χ2n) is 5.15. The van der Waals surface area contributed by atoms with E-state index >= 15 is 0 Å². The molecule has 4 heteroatoms. The summed E-state index contributed by atoms with van der Waals surface area (Å²) in [7, 11) is 0. The zero-order chi connectivity index (χ0) is 16.3. The van der Waals surface area contributed by atoms with Crippen LogP contribution in [0.25, 0.3) is 5.57 Å². The van der Waals surface area contributed by atoms with Gasteiger partial charge in [-0.25, -0.2) is 0 Å². The van der Waals surface area contributed by atoms with Gasteiger partial charge in [0.1, 0.15) is 12.4 Å². The second-order valence-corrected chi connectivity index (χ2v) is 6.32. The van der Waals surface area contributed by atoms with Gasteiger partial charge in [0.25, 0.3) is 0 Å². The van der Waals surface area contributed by atoms with E-state index in [1.165, 1.54) is 0 Å². The van der Waals surface area contributed by atoms with Crippen molar-refractivity contribution in [2.75, 3.05) is 0 Å². The van der Waals surface area contributed by atoms with Crippen molar-refractivity contribution < 1.29 is 9.84 Å². The highest BCUT2D eigenvalue weighted by atomic mass is 79.9. The van der Waals surface area contributed by atoms with Gasteiger partial charge in [0, 0.05) is 11.1 Å². The van der Waals surface area contributed by atoms with Crippen molar-refractivity contribution in [2.45, 2.75) is 27.1 Å². The van der Waals surface area contributed by atoms with E-state index in [1.807, 2.05) is 44.2 Å². The van der Waals surface area contributed by atoms with Gasteiger partial charge < -0.3 is 9.84 Å². The molecule has 2 rings (SSSR count). The Labute approximate surface area is 144 Å². The molecule has 2 nitrogen and oxygen atoms in total. The molecule has 0 saturated heterocycles. The fourth-order valence-electron chi connectivity index (χ4n) is 2.37. The van der Waals surface area contributed by atoms with Crippen LogP contribution in [0.2, 0.25) is 5.02 Å². The smallest absolute Gasteiger partial charge is 0.142 e. The van der Waals surface area contributed by atoms with Crippen molar-refractivity contribution in [1.82, 2.24) is 0 Å². The van der Waals surface area contributed by atoms with Gasteiger partial charge in [0.05, 0.1) is 16.1 Å². The first-order valence-corrected chi connectivity index (χ1v) is 8.08. The van der Waals surface area contributed by atoms with E-state index in [0.717, 1.165) is 22.3 Å². The Morgan fingerprint density at radius 3 is 2.50 bits per heavy atom. The number of benzene rings is 2. The van der Waals surface area contributed by atoms with E-state index in [4.69, 9.17) is 16.3 Å². The van der Waals surface area contributed by atoms with Crippen LogP contribution in [0.5, 0.6) is 5.75 Å². The highest BCUT2D eigenvalue weighted by molar-refractivity contribution is 9.10. The molecule has 0 aliphatic rings. The average molecular weight is 382 g/mol. The minimum atomic E-state index is -0.154. The Hall–Kier alpha value is -1.29. The third-order valence-electron chi connectivity index (χ3n) is 3.47. The molecule has 0 amide bonds. The van der Waals surface area contributed by atoms with Crippen LogP contribution in [0.3, 0.4) is 0 Å². The molecule has 1 N–H and O–H groups in total. The van der Waals surface area contributed by atoms with Crippen molar-refractivity contribution in [3.8, 4) is 5.75 Å². The Bertz CT molecular complexity index is 696. The normalized spacial score (nSPS) is 10.6. The molecule has 116 valence electrons. The number of hydrogen-bond acceptors (Lipinski definition) is 2. The molecule has 0 aromatic heterocycles. The van der Waals surface area contributed by atoms with Gasteiger partial charge in [0.15, 0.2) is 0 Å². The summed E-state index contributed by atoms with van der Waals surface area (Å²) >= 11 is 9.86. The summed E-state index contributed by atoms with van der Waals surface area (Å²) in [5, 5.41) is 10.1. The molecule has 22 heavy (non-hydrogen) atoms. The van der Waals surface area contributed by atoms with E-state index in [-0.39, 0.29) is 6.61 Å². The molecule has 2 aromatic carbocycles. The van der Waals surface area contributed by atoms with Crippen LogP contribution in [0.1, 0.15) is 29.2 Å². The van der Waals surface area contributed by atoms with Gasteiger partial charge in [-0.1, -0.05) is 48.5 Å². The minimum Gasteiger partial charge on any atom is -0.487 e. The van der Waals surface area contributed by atoms with Crippen molar-refractivity contribution in [1.29, 1.82) is 0 Å². The first-order valence-electron chi connectivity index (χ1n) is 6.91. The third kappa shape index (κ3) is 3.37. The molecule has 0 heterocycles. The molecule has 0 unspecified atom stereocenters. The zero-order valence-electron chi connectivity index (χ0n) is 12.6. The molecular formula is C18H18BrClO2. The minimum absolute atomic E-state index is 0.154. The van der Waals surface area contributed by atoms with Crippen LogP contribution in [0, 0.1) is 6.92 Å². The highest BCUT2D eigenvalue weighted by Crippen LogP contribution is 2.43. The summed E-state index contributed by atoms with van der Waals surface area (Å²) in [6.07, 6.45) is 0. The molecular weight excluding hydrogens is 364 g/mol. The monoisotopic (exact) mass is 380 g/mol. The standard InChI is InChI=1S/C18H18BrClO2/c1-11(2)15-12(3)17(20)14(9-21)16(19)18(15)22-10-13-7-5-4-6-8-13/h4-8,21H,1,9-10H2,2-3H3. The maximum Gasteiger partial charge on any atom is 0.142 e. The Morgan fingerprint density at radius 2 is 1.95 bits per heavy atom. The number of hydrogen-bond donors (Lipinski definition) is 1. The summed E-state index contributed by atoms with van der Waals surface area (Å²) in [5.41, 5.74) is 4.31. The lowest BCUT2D eigenvalue weighted by atomic mass is 9.98. The lowest BCUT2D eigenvalue weighted by molar-refractivity contribution is 0.276. The molecule has 0 spiro atoms. The predicted octanol–water partition coefficient (Wildman–Crippen LogP) is 5.52. The topological polar surface area (TPSA) is 29.5 Å². The molecule has 0 aliphatic carbocycles. The van der Waals surface area contributed by atoms with Crippen LogP contribution in [0.15, 0.2) is 41.4 Å². The summed E-state index contributed by atoms with van der Waals surface area (Å²) in [4.78, 5) is 0. The molecule has 0 fully saturated rings. The summed E-state index contributed by atoms with van der Waals surface area (Å²) in [6, 6.07) is 9.92. The summed E-state index contributed by atoms with van der Waals surface area (Å²) in [5.74, 6) is 0.669. The molecule has 0 saturated carbocycles. The number of aliphatic hydroxyl groups is 1.